The van der Waals surface area contributed by atoms with Crippen molar-refractivity contribution < 1.29 is 9.13 Å². The molecule has 0 radical (unpaired) electrons. The van der Waals surface area contributed by atoms with E-state index in [-0.39, 0.29) is 11.9 Å². The van der Waals surface area contributed by atoms with Gasteiger partial charge in [0.2, 0.25) is 0 Å². The Bertz CT molecular complexity index is 613. The lowest BCUT2D eigenvalue weighted by atomic mass is 9.98. The molecule has 0 spiro atoms. The summed E-state index contributed by atoms with van der Waals surface area (Å²) in [4.78, 5) is 0. The molecule has 0 aliphatic heterocycles. The topological polar surface area (TPSA) is 21.3 Å². The van der Waals surface area contributed by atoms with E-state index in [1.807, 2.05) is 19.2 Å². The van der Waals surface area contributed by atoms with Crippen LogP contribution < -0.4 is 10.1 Å². The lowest BCUT2D eigenvalue weighted by molar-refractivity contribution is 0.414. The molecule has 0 heterocycles. The van der Waals surface area contributed by atoms with Gasteiger partial charge in [-0.25, -0.2) is 4.39 Å². The van der Waals surface area contributed by atoms with Gasteiger partial charge in [-0.1, -0.05) is 35.3 Å². The largest absolute Gasteiger partial charge is 0.495 e. The summed E-state index contributed by atoms with van der Waals surface area (Å²) in [7, 11) is 3.38. The van der Waals surface area contributed by atoms with Crippen LogP contribution in [0.2, 0.25) is 10.0 Å². The third kappa shape index (κ3) is 3.67. The van der Waals surface area contributed by atoms with Gasteiger partial charge in [0, 0.05) is 16.6 Å². The summed E-state index contributed by atoms with van der Waals surface area (Å²) in [6, 6.07) is 10.1. The number of methoxy groups -OCH3 is 1. The smallest absolute Gasteiger partial charge is 0.137 e. The Balaban J connectivity index is 2.30. The minimum Gasteiger partial charge on any atom is -0.495 e. The number of halogens is 3. The van der Waals surface area contributed by atoms with Crippen molar-refractivity contribution in [3.63, 3.8) is 0 Å². The summed E-state index contributed by atoms with van der Waals surface area (Å²) < 4.78 is 19.0. The molecule has 0 aromatic heterocycles. The highest BCUT2D eigenvalue weighted by molar-refractivity contribution is 6.32. The molecule has 0 saturated carbocycles. The van der Waals surface area contributed by atoms with Crippen LogP contribution in [0.25, 0.3) is 0 Å². The zero-order valence-corrected chi connectivity index (χ0v) is 13.3. The monoisotopic (exact) mass is 327 g/mol. The molecule has 1 atom stereocenters. The zero-order chi connectivity index (χ0) is 15.4. The van der Waals surface area contributed by atoms with Crippen molar-refractivity contribution in [2.75, 3.05) is 14.2 Å². The Hall–Kier alpha value is -1.29. The summed E-state index contributed by atoms with van der Waals surface area (Å²) in [5.74, 6) is 0.307. The highest BCUT2D eigenvalue weighted by atomic mass is 35.5. The van der Waals surface area contributed by atoms with E-state index in [1.54, 1.807) is 25.3 Å². The first kappa shape index (κ1) is 16.1. The van der Waals surface area contributed by atoms with Gasteiger partial charge in [0.15, 0.2) is 0 Å². The van der Waals surface area contributed by atoms with E-state index in [4.69, 9.17) is 27.9 Å². The van der Waals surface area contributed by atoms with Gasteiger partial charge in [0.05, 0.1) is 12.1 Å². The number of likely N-dealkylation sites (N-methyl/N-ethyl adjacent to an activating group) is 1. The predicted molar refractivity (Wildman–Crippen MR) is 84.9 cm³/mol. The molecule has 2 aromatic carbocycles. The number of ether oxygens (including phenoxy) is 1. The highest BCUT2D eigenvalue weighted by Crippen LogP contribution is 2.30. The standard InChI is InChI=1S/C16H16Cl2FNO/c1-20-15(9-11-12(17)4-3-5-14(11)19)10-6-7-16(21-2)13(18)8-10/h3-8,15,20H,9H2,1-2H3. The maximum Gasteiger partial charge on any atom is 0.137 e. The summed E-state index contributed by atoms with van der Waals surface area (Å²) >= 11 is 12.2. The molecule has 0 fully saturated rings. The normalized spacial score (nSPS) is 12.2. The van der Waals surface area contributed by atoms with Gasteiger partial charge in [-0.3, -0.25) is 0 Å². The van der Waals surface area contributed by atoms with E-state index < -0.39 is 0 Å². The van der Waals surface area contributed by atoms with E-state index >= 15 is 0 Å². The third-order valence-electron chi connectivity index (χ3n) is 3.40. The summed E-state index contributed by atoms with van der Waals surface area (Å²) in [6.07, 6.45) is 0.435. The molecule has 0 amide bonds. The van der Waals surface area contributed by atoms with Crippen molar-refractivity contribution in [1.82, 2.24) is 5.32 Å². The number of rotatable bonds is 5. The van der Waals surface area contributed by atoms with Gasteiger partial charge in [-0.15, -0.1) is 0 Å². The molecule has 5 heteroatoms. The Morgan fingerprint density at radius 2 is 1.95 bits per heavy atom. The lowest BCUT2D eigenvalue weighted by Gasteiger charge is -2.19. The van der Waals surface area contributed by atoms with Gasteiger partial charge in [-0.2, -0.15) is 0 Å². The van der Waals surface area contributed by atoms with Crippen LogP contribution in [0.5, 0.6) is 5.75 Å². The quantitative estimate of drug-likeness (QED) is 0.863. The van der Waals surface area contributed by atoms with Crippen LogP contribution in [-0.4, -0.2) is 14.2 Å². The molecule has 1 N–H and O–H groups in total. The van der Waals surface area contributed by atoms with Crippen LogP contribution in [0.1, 0.15) is 17.2 Å². The number of hydrogen-bond acceptors (Lipinski definition) is 2. The fourth-order valence-electron chi connectivity index (χ4n) is 2.22. The number of benzene rings is 2. The molecule has 0 aliphatic carbocycles. The average Bonchev–Trinajstić information content (AvgIpc) is 2.47. The molecule has 0 aliphatic rings. The Labute approximate surface area is 133 Å². The molecule has 112 valence electrons. The van der Waals surface area contributed by atoms with Crippen LogP contribution in [0.4, 0.5) is 4.39 Å². The molecular formula is C16H16Cl2FNO. The second kappa shape index (κ2) is 7.12. The maximum absolute atomic E-state index is 13.9. The van der Waals surface area contributed by atoms with Gasteiger partial charge in [0.25, 0.3) is 0 Å². The molecule has 1 unspecified atom stereocenters. The van der Waals surface area contributed by atoms with Gasteiger partial charge < -0.3 is 10.1 Å². The van der Waals surface area contributed by atoms with Crippen molar-refractivity contribution in [3.8, 4) is 5.75 Å². The van der Waals surface area contributed by atoms with Gasteiger partial charge in [0.1, 0.15) is 11.6 Å². The Kier molecular flexibility index (Phi) is 5.45. The number of nitrogens with one attached hydrogen (secondary N) is 1. The van der Waals surface area contributed by atoms with Crippen LogP contribution in [-0.2, 0) is 6.42 Å². The molecule has 0 bridgehead atoms. The van der Waals surface area contributed by atoms with E-state index in [0.717, 1.165) is 5.56 Å². The van der Waals surface area contributed by atoms with E-state index in [1.165, 1.54) is 6.07 Å². The first-order chi connectivity index (χ1) is 10.1. The fourth-order valence-corrected chi connectivity index (χ4v) is 2.72. The average molecular weight is 328 g/mol. The van der Waals surface area contributed by atoms with Crippen LogP contribution in [0.3, 0.4) is 0 Å². The minimum atomic E-state index is -0.303. The Morgan fingerprint density at radius 3 is 2.52 bits per heavy atom. The predicted octanol–water partition coefficient (Wildman–Crippen LogP) is 4.64. The second-order valence-electron chi connectivity index (χ2n) is 4.64. The molecule has 2 rings (SSSR count). The fraction of sp³-hybridized carbons (Fsp3) is 0.250. The van der Waals surface area contributed by atoms with E-state index in [2.05, 4.69) is 5.32 Å². The Morgan fingerprint density at radius 1 is 1.19 bits per heavy atom. The molecule has 0 saturated heterocycles. The van der Waals surface area contributed by atoms with Crippen molar-refractivity contribution in [3.05, 3.63) is 63.4 Å². The lowest BCUT2D eigenvalue weighted by Crippen LogP contribution is -2.19. The van der Waals surface area contributed by atoms with Crippen molar-refractivity contribution >= 4 is 23.2 Å². The van der Waals surface area contributed by atoms with Gasteiger partial charge in [-0.05, 0) is 43.3 Å². The second-order valence-corrected chi connectivity index (χ2v) is 5.45. The van der Waals surface area contributed by atoms with Crippen molar-refractivity contribution in [1.29, 1.82) is 0 Å². The minimum absolute atomic E-state index is 0.0946. The number of hydrogen-bond donors (Lipinski definition) is 1. The summed E-state index contributed by atoms with van der Waals surface area (Å²) in [6.45, 7) is 0. The third-order valence-corrected chi connectivity index (χ3v) is 4.05. The van der Waals surface area contributed by atoms with Crippen LogP contribution in [0, 0.1) is 5.82 Å². The first-order valence-electron chi connectivity index (χ1n) is 6.50. The van der Waals surface area contributed by atoms with E-state index in [9.17, 15) is 4.39 Å². The molecule has 2 aromatic rings. The first-order valence-corrected chi connectivity index (χ1v) is 7.26. The van der Waals surface area contributed by atoms with Crippen molar-refractivity contribution in [2.24, 2.45) is 0 Å². The molecular weight excluding hydrogens is 312 g/mol. The maximum atomic E-state index is 13.9. The summed E-state index contributed by atoms with van der Waals surface area (Å²) in [5, 5.41) is 4.11. The SMILES string of the molecule is CNC(Cc1c(F)cccc1Cl)c1ccc(OC)c(Cl)c1. The zero-order valence-electron chi connectivity index (χ0n) is 11.8. The van der Waals surface area contributed by atoms with Gasteiger partial charge >= 0.3 is 0 Å². The van der Waals surface area contributed by atoms with Crippen molar-refractivity contribution in [2.45, 2.75) is 12.5 Å². The van der Waals surface area contributed by atoms with Crippen LogP contribution >= 0.6 is 23.2 Å². The van der Waals surface area contributed by atoms with Crippen LogP contribution in [0.15, 0.2) is 36.4 Å². The highest BCUT2D eigenvalue weighted by Gasteiger charge is 2.16. The summed E-state index contributed by atoms with van der Waals surface area (Å²) in [5.41, 5.74) is 1.44. The molecule has 21 heavy (non-hydrogen) atoms. The molecule has 2 nitrogen and oxygen atoms in total. The van der Waals surface area contributed by atoms with E-state index in [0.29, 0.717) is 27.8 Å².